The molecule has 1 fully saturated rings. The third-order valence-electron chi connectivity index (χ3n) is 6.57. The van der Waals surface area contributed by atoms with E-state index in [1.165, 1.54) is 11.3 Å². The fourth-order valence-corrected chi connectivity index (χ4v) is 4.74. The Bertz CT molecular complexity index is 1360. The van der Waals surface area contributed by atoms with Crippen molar-refractivity contribution in [3.8, 4) is 11.5 Å². The number of amides is 1. The van der Waals surface area contributed by atoms with Crippen LogP contribution in [0.5, 0.6) is 11.5 Å². The maximum absolute atomic E-state index is 11.4. The number of anilines is 1. The molecule has 0 unspecified atom stereocenters. The molecule has 0 saturated carbocycles. The van der Waals surface area contributed by atoms with Crippen LogP contribution < -0.4 is 15.4 Å². The van der Waals surface area contributed by atoms with Crippen molar-refractivity contribution in [1.29, 1.82) is 0 Å². The van der Waals surface area contributed by atoms with Crippen molar-refractivity contribution >= 4 is 22.6 Å². The Kier molecular flexibility index (Phi) is 6.29. The lowest BCUT2D eigenvalue weighted by atomic mass is 10.1. The fraction of sp³-hybridized carbons (Fsp3) is 0.259. The number of methoxy groups -OCH3 is 1. The summed E-state index contributed by atoms with van der Waals surface area (Å²) in [7, 11) is 1.70. The van der Waals surface area contributed by atoms with E-state index >= 15 is 0 Å². The van der Waals surface area contributed by atoms with Crippen LogP contribution in [-0.4, -0.2) is 58.8 Å². The van der Waals surface area contributed by atoms with Crippen LogP contribution >= 0.6 is 0 Å². The number of rotatable bonds is 7. The molecular weight excluding hydrogens is 442 g/mol. The average molecular weight is 472 g/mol. The Morgan fingerprint density at radius 3 is 2.57 bits per heavy atom. The summed E-state index contributed by atoms with van der Waals surface area (Å²) in [5.74, 6) is 0.145. The van der Waals surface area contributed by atoms with E-state index in [1.54, 1.807) is 25.3 Å². The van der Waals surface area contributed by atoms with Crippen molar-refractivity contribution in [1.82, 2.24) is 14.5 Å². The van der Waals surface area contributed by atoms with Crippen LogP contribution in [0.1, 0.15) is 21.5 Å². The first-order chi connectivity index (χ1) is 17.0. The molecule has 0 radical (unpaired) electrons. The quantitative estimate of drug-likeness (QED) is 0.430. The van der Waals surface area contributed by atoms with Crippen LogP contribution in [0.15, 0.2) is 67.0 Å². The second-order valence-corrected chi connectivity index (χ2v) is 8.84. The highest BCUT2D eigenvalue weighted by atomic mass is 16.5. The lowest BCUT2D eigenvalue weighted by Crippen LogP contribution is -2.46. The summed E-state index contributed by atoms with van der Waals surface area (Å²) in [4.78, 5) is 20.9. The molecule has 0 spiro atoms. The summed E-state index contributed by atoms with van der Waals surface area (Å²) in [6.45, 7) is 5.28. The summed E-state index contributed by atoms with van der Waals surface area (Å²) in [6, 6.07) is 17.4. The summed E-state index contributed by atoms with van der Waals surface area (Å²) in [5, 5.41) is 11.2. The smallest absolute Gasteiger partial charge is 0.252 e. The Balaban J connectivity index is 1.29. The summed E-state index contributed by atoms with van der Waals surface area (Å²) < 4.78 is 7.41. The summed E-state index contributed by atoms with van der Waals surface area (Å²) in [5.41, 5.74) is 9.61. The van der Waals surface area contributed by atoms with Crippen LogP contribution in [-0.2, 0) is 13.1 Å². The molecular formula is C27H29N5O3. The lowest BCUT2D eigenvalue weighted by molar-refractivity contribution is 0.0997. The monoisotopic (exact) mass is 471 g/mol. The molecule has 1 aliphatic heterocycles. The predicted octanol–water partition coefficient (Wildman–Crippen LogP) is 3.22. The number of benzene rings is 2. The van der Waals surface area contributed by atoms with Gasteiger partial charge in [-0.05, 0) is 47.5 Å². The third-order valence-corrected chi connectivity index (χ3v) is 6.57. The van der Waals surface area contributed by atoms with Gasteiger partial charge >= 0.3 is 0 Å². The minimum absolute atomic E-state index is 0.105. The molecule has 5 rings (SSSR count). The van der Waals surface area contributed by atoms with Gasteiger partial charge in [-0.2, -0.15) is 0 Å². The highest BCUT2D eigenvalue weighted by molar-refractivity contribution is 5.95. The normalized spacial score (nSPS) is 14.4. The number of carbonyl (C=O) groups is 1. The molecule has 180 valence electrons. The molecule has 0 aliphatic carbocycles. The predicted molar refractivity (Wildman–Crippen MR) is 136 cm³/mol. The highest BCUT2D eigenvalue weighted by Gasteiger charge is 2.20. The number of piperazine rings is 1. The van der Waals surface area contributed by atoms with Gasteiger partial charge in [-0.1, -0.05) is 18.2 Å². The van der Waals surface area contributed by atoms with Gasteiger partial charge in [0.15, 0.2) is 0 Å². The first kappa shape index (κ1) is 22.7. The molecule has 0 bridgehead atoms. The number of aromatic nitrogens is 2. The number of carbonyl (C=O) groups excluding carboxylic acids is 1. The maximum atomic E-state index is 11.4. The van der Waals surface area contributed by atoms with E-state index in [-0.39, 0.29) is 11.3 Å². The number of aromatic hydroxyl groups is 1. The van der Waals surface area contributed by atoms with Crippen LogP contribution in [0.25, 0.3) is 11.0 Å². The second kappa shape index (κ2) is 9.68. The number of hydrogen-bond donors (Lipinski definition) is 2. The zero-order valence-electron chi connectivity index (χ0n) is 19.7. The summed E-state index contributed by atoms with van der Waals surface area (Å²) >= 11 is 0. The first-order valence-corrected chi connectivity index (χ1v) is 11.7. The van der Waals surface area contributed by atoms with Gasteiger partial charge in [0.05, 0.1) is 12.7 Å². The van der Waals surface area contributed by atoms with Gasteiger partial charge in [0.2, 0.25) is 0 Å². The van der Waals surface area contributed by atoms with Gasteiger partial charge < -0.3 is 25.0 Å². The molecule has 3 N–H and O–H groups in total. The largest absolute Gasteiger partial charge is 0.507 e. The van der Waals surface area contributed by atoms with Crippen molar-refractivity contribution in [2.75, 3.05) is 38.2 Å². The number of hydrogen-bond acceptors (Lipinski definition) is 6. The van der Waals surface area contributed by atoms with Crippen LogP contribution in [0.3, 0.4) is 0 Å². The minimum atomic E-state index is -0.643. The molecule has 4 aromatic rings. The molecule has 35 heavy (non-hydrogen) atoms. The van der Waals surface area contributed by atoms with Gasteiger partial charge in [0, 0.05) is 62.7 Å². The molecule has 2 aromatic heterocycles. The van der Waals surface area contributed by atoms with Gasteiger partial charge in [-0.25, -0.2) is 4.98 Å². The molecule has 3 heterocycles. The van der Waals surface area contributed by atoms with Gasteiger partial charge in [0.25, 0.3) is 5.91 Å². The van der Waals surface area contributed by atoms with E-state index in [4.69, 9.17) is 10.5 Å². The first-order valence-electron chi connectivity index (χ1n) is 11.7. The highest BCUT2D eigenvalue weighted by Crippen LogP contribution is 2.28. The Morgan fingerprint density at radius 2 is 1.83 bits per heavy atom. The third kappa shape index (κ3) is 4.79. The Hall–Kier alpha value is -4.04. The maximum Gasteiger partial charge on any atom is 0.252 e. The lowest BCUT2D eigenvalue weighted by Gasteiger charge is -2.36. The van der Waals surface area contributed by atoms with E-state index in [9.17, 15) is 9.90 Å². The summed E-state index contributed by atoms with van der Waals surface area (Å²) in [6.07, 6.45) is 3.86. The van der Waals surface area contributed by atoms with Crippen LogP contribution in [0, 0.1) is 0 Å². The van der Waals surface area contributed by atoms with Crippen molar-refractivity contribution in [3.63, 3.8) is 0 Å². The molecule has 2 aromatic carbocycles. The van der Waals surface area contributed by atoms with Crippen molar-refractivity contribution in [2.24, 2.45) is 5.73 Å². The molecule has 8 heteroatoms. The van der Waals surface area contributed by atoms with E-state index in [0.717, 1.165) is 55.1 Å². The standard InChI is InChI=1S/C27H29N5O3/c1-35-21-4-2-3-19(15-21)17-30-11-13-31(14-12-30)24-7-9-29-27-22(24)8-10-32(27)18-20-5-6-23(26(28)34)25(33)16-20/h2-10,15-16,33H,11-14,17-18H2,1H3,(H2,28,34). The SMILES string of the molecule is COc1cccc(CN2CCN(c3ccnc4c3ccn4Cc3ccc(C(N)=O)c(O)c3)CC2)c1. The zero-order valence-corrected chi connectivity index (χ0v) is 19.7. The number of phenols is 1. The average Bonchev–Trinajstić information content (AvgIpc) is 3.27. The molecule has 1 amide bonds. The Labute approximate surface area is 204 Å². The van der Waals surface area contributed by atoms with Gasteiger partial charge in [-0.3, -0.25) is 9.69 Å². The topological polar surface area (TPSA) is 96.9 Å². The fourth-order valence-electron chi connectivity index (χ4n) is 4.74. The Morgan fingerprint density at radius 1 is 1.03 bits per heavy atom. The van der Waals surface area contributed by atoms with E-state index in [1.807, 2.05) is 24.5 Å². The zero-order chi connectivity index (χ0) is 24.4. The molecule has 1 saturated heterocycles. The number of primary amides is 1. The number of ether oxygens (including phenoxy) is 1. The molecule has 0 atom stereocenters. The van der Waals surface area contributed by atoms with Crippen LogP contribution in [0.4, 0.5) is 5.69 Å². The number of fused-ring (bicyclic) bond motifs is 1. The second-order valence-electron chi connectivity index (χ2n) is 8.84. The number of nitrogens with two attached hydrogens (primary N) is 1. The van der Waals surface area contributed by atoms with Crippen LogP contribution in [0.2, 0.25) is 0 Å². The van der Waals surface area contributed by atoms with Gasteiger partial charge in [-0.15, -0.1) is 0 Å². The van der Waals surface area contributed by atoms with Crippen molar-refractivity contribution in [3.05, 3.63) is 83.7 Å². The van der Waals surface area contributed by atoms with E-state index < -0.39 is 5.91 Å². The van der Waals surface area contributed by atoms with Crippen molar-refractivity contribution in [2.45, 2.75) is 13.1 Å². The van der Waals surface area contributed by atoms with Gasteiger partial charge in [0.1, 0.15) is 17.1 Å². The number of pyridine rings is 1. The van der Waals surface area contributed by atoms with E-state index in [0.29, 0.717) is 6.54 Å². The molecule has 8 nitrogen and oxygen atoms in total. The minimum Gasteiger partial charge on any atom is -0.507 e. The van der Waals surface area contributed by atoms with E-state index in [2.05, 4.69) is 43.6 Å². The number of nitrogens with zero attached hydrogens (tertiary/aromatic N) is 4. The molecule has 1 aliphatic rings. The van der Waals surface area contributed by atoms with Crippen molar-refractivity contribution < 1.29 is 14.6 Å².